The molecule has 20 heavy (non-hydrogen) atoms. The van der Waals surface area contributed by atoms with Gasteiger partial charge >= 0.3 is 0 Å². The van der Waals surface area contributed by atoms with E-state index in [0.717, 1.165) is 0 Å². The van der Waals surface area contributed by atoms with Crippen molar-refractivity contribution in [1.29, 1.82) is 0 Å². The Bertz CT molecular complexity index is 613. The Hall–Kier alpha value is -1.92. The van der Waals surface area contributed by atoms with Gasteiger partial charge in [0.2, 0.25) is 11.8 Å². The molecule has 0 radical (unpaired) electrons. The zero-order valence-corrected chi connectivity index (χ0v) is 11.7. The third-order valence-electron chi connectivity index (χ3n) is 2.41. The van der Waals surface area contributed by atoms with Gasteiger partial charge in [0.15, 0.2) is 0 Å². The normalized spacial score (nSPS) is 14.3. The second-order valence-electron chi connectivity index (χ2n) is 4.03. The van der Waals surface area contributed by atoms with Crippen LogP contribution in [0.1, 0.15) is 18.4 Å². The van der Waals surface area contributed by atoms with Crippen molar-refractivity contribution >= 4 is 46.9 Å². The summed E-state index contributed by atoms with van der Waals surface area (Å²) in [5.41, 5.74) is 5.80. The van der Waals surface area contributed by atoms with Gasteiger partial charge in [0.25, 0.3) is 0 Å². The summed E-state index contributed by atoms with van der Waals surface area (Å²) in [6.07, 6.45) is 1.61. The van der Waals surface area contributed by atoms with Gasteiger partial charge < -0.3 is 0 Å². The van der Waals surface area contributed by atoms with Crippen molar-refractivity contribution in [1.82, 2.24) is 10.9 Å². The van der Waals surface area contributed by atoms with Crippen LogP contribution in [0.5, 0.6) is 0 Å². The van der Waals surface area contributed by atoms with Crippen molar-refractivity contribution in [2.75, 3.05) is 0 Å². The fraction of sp³-hybridized carbons (Fsp3) is 0.167. The third kappa shape index (κ3) is 4.04. The zero-order chi connectivity index (χ0) is 14.5. The molecule has 0 aromatic heterocycles. The molecule has 2 amide bonds. The molecule has 1 aliphatic rings. The molecule has 1 aromatic rings. The molecule has 0 bridgehead atoms. The molecule has 2 N–H and O–H groups in total. The number of hydrogen-bond donors (Lipinski definition) is 2. The second kappa shape index (κ2) is 6.49. The van der Waals surface area contributed by atoms with E-state index in [1.54, 1.807) is 18.2 Å². The van der Waals surface area contributed by atoms with E-state index >= 15 is 0 Å². The van der Waals surface area contributed by atoms with Crippen LogP contribution in [-0.4, -0.2) is 23.7 Å². The van der Waals surface area contributed by atoms with E-state index in [-0.39, 0.29) is 24.7 Å². The maximum Gasteiger partial charge on any atom is 0.245 e. The summed E-state index contributed by atoms with van der Waals surface area (Å²) in [5.74, 6) is -0.566. The van der Waals surface area contributed by atoms with Gasteiger partial charge in [-0.3, -0.25) is 9.59 Å². The molecule has 1 aromatic carbocycles. The highest BCUT2D eigenvalue weighted by Gasteiger charge is 2.16. The molecule has 0 unspecified atom stereocenters. The maximum atomic E-state index is 11.5. The molecule has 6 nitrogen and oxygen atoms in total. The summed E-state index contributed by atoms with van der Waals surface area (Å²) >= 11 is 11.6. The summed E-state index contributed by atoms with van der Waals surface area (Å²) in [6.45, 7) is 0. The Balaban J connectivity index is 1.85. The number of carbonyl (C=O) groups is 2. The lowest BCUT2D eigenvalue weighted by atomic mass is 10.2. The predicted molar refractivity (Wildman–Crippen MR) is 77.0 cm³/mol. The Kier molecular flexibility index (Phi) is 4.70. The minimum absolute atomic E-state index is 0.0253. The number of nitrogens with zero attached hydrogens (tertiary/aromatic N) is 2. The SMILES string of the molecule is O=C1CC(CC(=O)N/N=C/c2ccc(Cl)c(Cl)c2)=NN1. The lowest BCUT2D eigenvalue weighted by molar-refractivity contribution is -0.119. The standard InChI is InChI=1S/C12H10Cl2N4O2/c13-9-2-1-7(3-10(9)14)6-15-17-11(19)4-8-5-12(20)18-16-8/h1-3,6H,4-5H2,(H,17,19)(H,18,20)/b15-6+. The average molecular weight is 313 g/mol. The Morgan fingerprint density at radius 3 is 2.90 bits per heavy atom. The van der Waals surface area contributed by atoms with E-state index in [4.69, 9.17) is 23.2 Å². The van der Waals surface area contributed by atoms with Gasteiger partial charge in [-0.25, -0.2) is 10.9 Å². The van der Waals surface area contributed by atoms with Gasteiger partial charge in [0, 0.05) is 0 Å². The first-order chi connectivity index (χ1) is 9.54. The molecule has 104 valence electrons. The largest absolute Gasteiger partial charge is 0.273 e. The van der Waals surface area contributed by atoms with Crippen molar-refractivity contribution < 1.29 is 9.59 Å². The van der Waals surface area contributed by atoms with Crippen LogP contribution in [0, 0.1) is 0 Å². The second-order valence-corrected chi connectivity index (χ2v) is 4.85. The molecule has 1 aliphatic heterocycles. The van der Waals surface area contributed by atoms with E-state index in [0.29, 0.717) is 21.3 Å². The molecular formula is C12H10Cl2N4O2. The number of benzene rings is 1. The quantitative estimate of drug-likeness (QED) is 0.655. The van der Waals surface area contributed by atoms with Gasteiger partial charge in [0.1, 0.15) is 0 Å². The van der Waals surface area contributed by atoms with Crippen molar-refractivity contribution in [2.24, 2.45) is 10.2 Å². The van der Waals surface area contributed by atoms with Crippen molar-refractivity contribution in [3.63, 3.8) is 0 Å². The minimum atomic E-state index is -0.350. The first kappa shape index (κ1) is 14.5. The van der Waals surface area contributed by atoms with Gasteiger partial charge in [-0.05, 0) is 17.7 Å². The number of halogens is 2. The van der Waals surface area contributed by atoms with Crippen LogP contribution in [0.4, 0.5) is 0 Å². The molecule has 2 rings (SSSR count). The average Bonchev–Trinajstić information content (AvgIpc) is 2.79. The van der Waals surface area contributed by atoms with Crippen LogP contribution in [0.2, 0.25) is 10.0 Å². The summed E-state index contributed by atoms with van der Waals surface area (Å²) in [7, 11) is 0. The summed E-state index contributed by atoms with van der Waals surface area (Å²) < 4.78 is 0. The Morgan fingerprint density at radius 2 is 2.25 bits per heavy atom. The number of hydrogen-bond acceptors (Lipinski definition) is 4. The number of rotatable bonds is 4. The lowest BCUT2D eigenvalue weighted by Gasteiger charge is -1.99. The molecule has 0 aliphatic carbocycles. The molecule has 0 saturated carbocycles. The third-order valence-corrected chi connectivity index (χ3v) is 3.15. The van der Waals surface area contributed by atoms with Crippen molar-refractivity contribution in [3.8, 4) is 0 Å². The molecule has 8 heteroatoms. The fourth-order valence-electron chi connectivity index (χ4n) is 1.50. The van der Waals surface area contributed by atoms with E-state index < -0.39 is 0 Å². The number of hydrazone groups is 2. The summed E-state index contributed by atoms with van der Waals surface area (Å²) in [6, 6.07) is 4.98. The van der Waals surface area contributed by atoms with E-state index in [2.05, 4.69) is 21.1 Å². The molecule has 0 spiro atoms. The maximum absolute atomic E-state index is 11.5. The van der Waals surface area contributed by atoms with Gasteiger partial charge in [-0.15, -0.1) is 0 Å². The minimum Gasteiger partial charge on any atom is -0.273 e. The zero-order valence-electron chi connectivity index (χ0n) is 10.2. The van der Waals surface area contributed by atoms with Crippen LogP contribution in [0.15, 0.2) is 28.4 Å². The lowest BCUT2D eigenvalue weighted by Crippen LogP contribution is -2.20. The van der Waals surface area contributed by atoms with Gasteiger partial charge in [-0.1, -0.05) is 29.3 Å². The van der Waals surface area contributed by atoms with E-state index in [1.165, 1.54) is 6.21 Å². The predicted octanol–water partition coefficient (Wildman–Crippen LogP) is 1.71. The Morgan fingerprint density at radius 1 is 1.45 bits per heavy atom. The van der Waals surface area contributed by atoms with Gasteiger partial charge in [0.05, 0.1) is 34.8 Å². The first-order valence-electron chi connectivity index (χ1n) is 5.66. The molecular weight excluding hydrogens is 303 g/mol. The molecule has 0 fully saturated rings. The van der Waals surface area contributed by atoms with Crippen LogP contribution in [-0.2, 0) is 9.59 Å². The van der Waals surface area contributed by atoms with Crippen LogP contribution in [0.3, 0.4) is 0 Å². The summed E-state index contributed by atoms with van der Waals surface area (Å²) in [4.78, 5) is 22.4. The topological polar surface area (TPSA) is 82.9 Å². The smallest absolute Gasteiger partial charge is 0.245 e. The van der Waals surface area contributed by atoms with Crippen molar-refractivity contribution in [3.05, 3.63) is 33.8 Å². The highest BCUT2D eigenvalue weighted by atomic mass is 35.5. The number of carbonyl (C=O) groups excluding carboxylic acids is 2. The van der Waals surface area contributed by atoms with E-state index in [1.807, 2.05) is 0 Å². The summed E-state index contributed by atoms with van der Waals surface area (Å²) in [5, 5.41) is 8.36. The van der Waals surface area contributed by atoms with Crippen LogP contribution in [0.25, 0.3) is 0 Å². The molecule has 1 heterocycles. The number of amides is 2. The highest BCUT2D eigenvalue weighted by Crippen LogP contribution is 2.21. The van der Waals surface area contributed by atoms with Crippen LogP contribution >= 0.6 is 23.2 Å². The molecule has 0 saturated heterocycles. The first-order valence-corrected chi connectivity index (χ1v) is 6.41. The molecule has 0 atom stereocenters. The Labute approximate surface area is 124 Å². The van der Waals surface area contributed by atoms with Gasteiger partial charge in [-0.2, -0.15) is 10.2 Å². The monoisotopic (exact) mass is 312 g/mol. The fourth-order valence-corrected chi connectivity index (χ4v) is 1.81. The highest BCUT2D eigenvalue weighted by molar-refractivity contribution is 6.42. The van der Waals surface area contributed by atoms with E-state index in [9.17, 15) is 9.59 Å². The van der Waals surface area contributed by atoms with Crippen molar-refractivity contribution in [2.45, 2.75) is 12.8 Å². The van der Waals surface area contributed by atoms with Crippen LogP contribution < -0.4 is 10.9 Å². The number of nitrogens with one attached hydrogen (secondary N) is 2.